The lowest BCUT2D eigenvalue weighted by atomic mass is 10.1. The SMILES string of the molecule is CSc1ccc(CNC(=O)c2ccc(C)n(-c3cccc(C(F)(F)F)c3)c2=O)cc1. The number of pyridine rings is 1. The minimum absolute atomic E-state index is 0.0506. The standard InChI is InChI=1S/C22H19F3N2O2S/c1-14-6-11-19(20(28)26-13-15-7-9-18(30-2)10-8-15)21(29)27(14)17-5-3-4-16(12-17)22(23,24)25/h3-12H,13H2,1-2H3,(H,26,28). The van der Waals surface area contributed by atoms with Crippen molar-refractivity contribution in [3.63, 3.8) is 0 Å². The first-order chi connectivity index (χ1) is 14.2. The normalized spacial score (nSPS) is 11.4. The van der Waals surface area contributed by atoms with Crippen molar-refractivity contribution in [3.05, 3.63) is 93.4 Å². The Hall–Kier alpha value is -3.00. The number of carbonyl (C=O) groups is 1. The van der Waals surface area contributed by atoms with Gasteiger partial charge in [0.2, 0.25) is 0 Å². The van der Waals surface area contributed by atoms with Crippen molar-refractivity contribution in [1.82, 2.24) is 9.88 Å². The zero-order valence-electron chi connectivity index (χ0n) is 16.3. The Morgan fingerprint density at radius 2 is 1.77 bits per heavy atom. The van der Waals surface area contributed by atoms with Crippen LogP contribution in [0.4, 0.5) is 13.2 Å². The van der Waals surface area contributed by atoms with Gasteiger partial charge in [-0.3, -0.25) is 14.2 Å². The topological polar surface area (TPSA) is 51.1 Å². The smallest absolute Gasteiger partial charge is 0.348 e. The summed E-state index contributed by atoms with van der Waals surface area (Å²) < 4.78 is 40.3. The first kappa shape index (κ1) is 21.7. The number of nitrogens with zero attached hydrogens (tertiary/aromatic N) is 1. The Labute approximate surface area is 175 Å². The van der Waals surface area contributed by atoms with Crippen LogP contribution in [0.3, 0.4) is 0 Å². The molecule has 0 radical (unpaired) electrons. The molecule has 0 spiro atoms. The van der Waals surface area contributed by atoms with E-state index < -0.39 is 23.2 Å². The van der Waals surface area contributed by atoms with Gasteiger partial charge in [0.05, 0.1) is 5.56 Å². The van der Waals surface area contributed by atoms with Crippen LogP contribution < -0.4 is 10.9 Å². The lowest BCUT2D eigenvalue weighted by Crippen LogP contribution is -2.33. The highest BCUT2D eigenvalue weighted by Crippen LogP contribution is 2.30. The highest BCUT2D eigenvalue weighted by molar-refractivity contribution is 7.98. The van der Waals surface area contributed by atoms with E-state index in [1.807, 2.05) is 30.5 Å². The van der Waals surface area contributed by atoms with E-state index in [4.69, 9.17) is 0 Å². The van der Waals surface area contributed by atoms with Gasteiger partial charge in [-0.25, -0.2) is 0 Å². The molecule has 8 heteroatoms. The molecule has 0 atom stereocenters. The van der Waals surface area contributed by atoms with Gasteiger partial charge in [0.25, 0.3) is 11.5 Å². The molecule has 1 heterocycles. The maximum absolute atomic E-state index is 13.0. The molecule has 0 unspecified atom stereocenters. The second-order valence-electron chi connectivity index (χ2n) is 6.61. The third-order valence-electron chi connectivity index (χ3n) is 4.57. The molecular formula is C22H19F3N2O2S. The van der Waals surface area contributed by atoms with Gasteiger partial charge in [-0.05, 0) is 61.2 Å². The number of amides is 1. The molecule has 0 aliphatic rings. The second-order valence-corrected chi connectivity index (χ2v) is 7.49. The summed E-state index contributed by atoms with van der Waals surface area (Å²) in [5.74, 6) is -0.588. The van der Waals surface area contributed by atoms with Crippen molar-refractivity contribution >= 4 is 17.7 Å². The second kappa shape index (κ2) is 8.79. The molecule has 156 valence electrons. The summed E-state index contributed by atoms with van der Waals surface area (Å²) in [5.41, 5.74) is -0.345. The van der Waals surface area contributed by atoms with E-state index >= 15 is 0 Å². The monoisotopic (exact) mass is 432 g/mol. The predicted octanol–water partition coefficient (Wildman–Crippen LogP) is 4.82. The number of halogens is 3. The van der Waals surface area contributed by atoms with Gasteiger partial charge in [0.15, 0.2) is 0 Å². The van der Waals surface area contributed by atoms with Crippen molar-refractivity contribution in [3.8, 4) is 5.69 Å². The van der Waals surface area contributed by atoms with Crippen molar-refractivity contribution < 1.29 is 18.0 Å². The number of nitrogens with one attached hydrogen (secondary N) is 1. The first-order valence-electron chi connectivity index (χ1n) is 9.02. The molecule has 0 saturated heterocycles. The lowest BCUT2D eigenvalue weighted by molar-refractivity contribution is -0.137. The molecule has 0 saturated carbocycles. The molecule has 0 fully saturated rings. The first-order valence-corrected chi connectivity index (χ1v) is 10.2. The van der Waals surface area contributed by atoms with E-state index in [1.165, 1.54) is 24.3 Å². The molecule has 0 aliphatic carbocycles. The van der Waals surface area contributed by atoms with Gasteiger partial charge in [0.1, 0.15) is 5.56 Å². The molecule has 2 aromatic carbocycles. The van der Waals surface area contributed by atoms with Gasteiger partial charge < -0.3 is 5.32 Å². The Bertz CT molecular complexity index is 1120. The molecule has 3 rings (SSSR count). The van der Waals surface area contributed by atoms with Gasteiger partial charge in [-0.1, -0.05) is 18.2 Å². The third kappa shape index (κ3) is 4.76. The minimum Gasteiger partial charge on any atom is -0.348 e. The molecule has 1 N–H and O–H groups in total. The third-order valence-corrected chi connectivity index (χ3v) is 5.31. The summed E-state index contributed by atoms with van der Waals surface area (Å²) in [5, 5.41) is 2.69. The summed E-state index contributed by atoms with van der Waals surface area (Å²) in [7, 11) is 0. The van der Waals surface area contributed by atoms with Crippen LogP contribution in [0.5, 0.6) is 0 Å². The largest absolute Gasteiger partial charge is 0.416 e. The Morgan fingerprint density at radius 1 is 1.07 bits per heavy atom. The van der Waals surface area contributed by atoms with Crippen molar-refractivity contribution in [2.24, 2.45) is 0 Å². The van der Waals surface area contributed by atoms with Crippen LogP contribution in [0.2, 0.25) is 0 Å². The molecule has 4 nitrogen and oxygen atoms in total. The van der Waals surface area contributed by atoms with Gasteiger partial charge in [-0.15, -0.1) is 11.8 Å². The summed E-state index contributed by atoms with van der Waals surface area (Å²) >= 11 is 1.60. The van der Waals surface area contributed by atoms with E-state index in [-0.39, 0.29) is 17.8 Å². The number of aromatic nitrogens is 1. The molecule has 0 bridgehead atoms. The predicted molar refractivity (Wildman–Crippen MR) is 111 cm³/mol. The Balaban J connectivity index is 1.89. The fourth-order valence-corrected chi connectivity index (χ4v) is 3.37. The molecular weight excluding hydrogens is 413 g/mol. The minimum atomic E-state index is -4.53. The highest BCUT2D eigenvalue weighted by Gasteiger charge is 2.30. The van der Waals surface area contributed by atoms with Gasteiger partial charge in [0, 0.05) is 22.8 Å². The number of benzene rings is 2. The quantitative estimate of drug-likeness (QED) is 0.589. The average Bonchev–Trinajstić information content (AvgIpc) is 2.72. The zero-order valence-corrected chi connectivity index (χ0v) is 17.1. The van der Waals surface area contributed by atoms with Crippen LogP contribution in [0, 0.1) is 6.92 Å². The molecule has 0 aliphatic heterocycles. The number of alkyl halides is 3. The fourth-order valence-electron chi connectivity index (χ4n) is 2.97. The Kier molecular flexibility index (Phi) is 6.36. The van der Waals surface area contributed by atoms with Crippen molar-refractivity contribution in [2.75, 3.05) is 6.26 Å². The van der Waals surface area contributed by atoms with E-state index in [2.05, 4.69) is 5.32 Å². The van der Waals surface area contributed by atoms with E-state index in [9.17, 15) is 22.8 Å². The summed E-state index contributed by atoms with van der Waals surface area (Å²) in [6, 6.07) is 15.0. The number of rotatable bonds is 5. The maximum atomic E-state index is 13.0. The van der Waals surface area contributed by atoms with Gasteiger partial charge >= 0.3 is 6.18 Å². The zero-order chi connectivity index (χ0) is 21.9. The van der Waals surface area contributed by atoms with Crippen LogP contribution in [0.15, 0.2) is 70.4 Å². The maximum Gasteiger partial charge on any atom is 0.416 e. The Morgan fingerprint density at radius 3 is 2.40 bits per heavy atom. The highest BCUT2D eigenvalue weighted by atomic mass is 32.2. The van der Waals surface area contributed by atoms with Crippen molar-refractivity contribution in [1.29, 1.82) is 0 Å². The summed E-state index contributed by atoms with van der Waals surface area (Å²) in [4.78, 5) is 26.6. The van der Waals surface area contributed by atoms with Crippen molar-refractivity contribution in [2.45, 2.75) is 24.5 Å². The average molecular weight is 432 g/mol. The summed E-state index contributed by atoms with van der Waals surface area (Å²) in [6.45, 7) is 1.82. The number of hydrogen-bond acceptors (Lipinski definition) is 3. The molecule has 1 amide bonds. The van der Waals surface area contributed by atoms with Crippen LogP contribution in [0.1, 0.15) is 27.2 Å². The van der Waals surface area contributed by atoms with E-state index in [0.717, 1.165) is 27.2 Å². The lowest BCUT2D eigenvalue weighted by Gasteiger charge is -2.14. The number of aryl methyl sites for hydroxylation is 1. The van der Waals surface area contributed by atoms with Crippen LogP contribution >= 0.6 is 11.8 Å². The fraction of sp³-hybridized carbons (Fsp3) is 0.182. The molecule has 1 aromatic heterocycles. The van der Waals surface area contributed by atoms with E-state index in [0.29, 0.717) is 5.69 Å². The van der Waals surface area contributed by atoms with Crippen LogP contribution in [0.25, 0.3) is 5.69 Å². The van der Waals surface area contributed by atoms with Crippen LogP contribution in [-0.4, -0.2) is 16.7 Å². The van der Waals surface area contributed by atoms with Crippen LogP contribution in [-0.2, 0) is 12.7 Å². The molecule has 30 heavy (non-hydrogen) atoms. The molecule has 3 aromatic rings. The van der Waals surface area contributed by atoms with E-state index in [1.54, 1.807) is 18.7 Å². The number of hydrogen-bond donors (Lipinski definition) is 1. The summed E-state index contributed by atoms with van der Waals surface area (Å²) in [6.07, 6.45) is -2.57. The number of carbonyl (C=O) groups excluding carboxylic acids is 1. The van der Waals surface area contributed by atoms with Gasteiger partial charge in [-0.2, -0.15) is 13.2 Å². The number of thioether (sulfide) groups is 1.